The first kappa shape index (κ1) is 17.9. The van der Waals surface area contributed by atoms with E-state index in [2.05, 4.69) is 10.6 Å². The van der Waals surface area contributed by atoms with Gasteiger partial charge in [-0.25, -0.2) is 4.79 Å². The number of carbonyl (C=O) groups excluding carboxylic acids is 2. The summed E-state index contributed by atoms with van der Waals surface area (Å²) < 4.78 is 0. The van der Waals surface area contributed by atoms with Crippen molar-refractivity contribution in [3.05, 3.63) is 59.7 Å². The predicted molar refractivity (Wildman–Crippen MR) is 98.1 cm³/mol. The molecule has 0 spiro atoms. The number of primary amides is 1. The van der Waals surface area contributed by atoms with Gasteiger partial charge in [-0.2, -0.15) is 0 Å². The minimum atomic E-state index is -0.396. The summed E-state index contributed by atoms with van der Waals surface area (Å²) in [5, 5.41) is 5.73. The standard InChI is InChI=1S/C18H21N3O2S/c1-12-7-9-14(10-8-12)13(2)20-18(23)21-15-5-3-4-6-16(15)24-11-17(19)22/h3-10,13H,11H2,1-2H3,(H2,19,22)(H2,20,21,23). The zero-order valence-electron chi connectivity index (χ0n) is 13.7. The summed E-state index contributed by atoms with van der Waals surface area (Å²) in [4.78, 5) is 24.0. The molecule has 2 aromatic carbocycles. The SMILES string of the molecule is Cc1ccc(C(C)NC(=O)Nc2ccccc2SCC(N)=O)cc1. The van der Waals surface area contributed by atoms with Crippen molar-refractivity contribution in [3.63, 3.8) is 0 Å². The van der Waals surface area contributed by atoms with Crippen molar-refractivity contribution in [2.75, 3.05) is 11.1 Å². The van der Waals surface area contributed by atoms with Crippen molar-refractivity contribution >= 4 is 29.4 Å². The molecule has 0 fully saturated rings. The van der Waals surface area contributed by atoms with Gasteiger partial charge in [0.1, 0.15) is 0 Å². The molecule has 0 saturated carbocycles. The van der Waals surface area contributed by atoms with Gasteiger partial charge in [0.2, 0.25) is 5.91 Å². The molecule has 0 aromatic heterocycles. The Morgan fingerprint density at radius 3 is 2.46 bits per heavy atom. The molecule has 5 nitrogen and oxygen atoms in total. The first-order valence-corrected chi connectivity index (χ1v) is 8.58. The number of nitrogens with two attached hydrogens (primary N) is 1. The van der Waals surface area contributed by atoms with Crippen LogP contribution in [-0.4, -0.2) is 17.7 Å². The normalized spacial score (nSPS) is 11.6. The lowest BCUT2D eigenvalue weighted by atomic mass is 10.1. The van der Waals surface area contributed by atoms with Gasteiger partial charge in [0, 0.05) is 4.90 Å². The Hall–Kier alpha value is -2.47. The zero-order valence-corrected chi connectivity index (χ0v) is 14.5. The summed E-state index contributed by atoms with van der Waals surface area (Å²) in [6.07, 6.45) is 0. The maximum absolute atomic E-state index is 12.2. The van der Waals surface area contributed by atoms with Gasteiger partial charge < -0.3 is 16.4 Å². The van der Waals surface area contributed by atoms with Crippen LogP contribution in [0.3, 0.4) is 0 Å². The number of rotatable bonds is 6. The third-order valence-corrected chi connectivity index (χ3v) is 4.53. The molecule has 126 valence electrons. The molecule has 0 aliphatic rings. The van der Waals surface area contributed by atoms with Crippen LogP contribution in [0, 0.1) is 6.92 Å². The quantitative estimate of drug-likeness (QED) is 0.702. The van der Waals surface area contributed by atoms with Gasteiger partial charge in [0.25, 0.3) is 0 Å². The monoisotopic (exact) mass is 343 g/mol. The van der Waals surface area contributed by atoms with E-state index in [1.165, 1.54) is 17.3 Å². The Labute approximate surface area is 146 Å². The number of para-hydroxylation sites is 1. The first-order chi connectivity index (χ1) is 11.5. The van der Waals surface area contributed by atoms with Crippen molar-refractivity contribution < 1.29 is 9.59 Å². The average molecular weight is 343 g/mol. The molecule has 3 amide bonds. The second-order valence-corrected chi connectivity index (χ2v) is 6.50. The topological polar surface area (TPSA) is 84.2 Å². The predicted octanol–water partition coefficient (Wildman–Crippen LogP) is 3.46. The Bertz CT molecular complexity index is 716. The number of urea groups is 1. The Morgan fingerprint density at radius 1 is 1.12 bits per heavy atom. The summed E-state index contributed by atoms with van der Waals surface area (Å²) in [6, 6.07) is 14.9. The number of nitrogens with one attached hydrogen (secondary N) is 2. The number of aryl methyl sites for hydroxylation is 1. The molecule has 0 radical (unpaired) electrons. The summed E-state index contributed by atoms with van der Waals surface area (Å²) in [7, 11) is 0. The molecular weight excluding hydrogens is 322 g/mol. The Balaban J connectivity index is 1.99. The first-order valence-electron chi connectivity index (χ1n) is 7.60. The fraction of sp³-hybridized carbons (Fsp3) is 0.222. The number of benzene rings is 2. The molecule has 0 aliphatic carbocycles. The number of hydrogen-bond acceptors (Lipinski definition) is 3. The molecule has 2 aromatic rings. The van der Waals surface area contributed by atoms with E-state index in [9.17, 15) is 9.59 Å². The van der Waals surface area contributed by atoms with E-state index in [-0.39, 0.29) is 17.8 Å². The molecule has 0 bridgehead atoms. The lowest BCUT2D eigenvalue weighted by molar-refractivity contribution is -0.115. The fourth-order valence-corrected chi connectivity index (χ4v) is 2.89. The smallest absolute Gasteiger partial charge is 0.319 e. The highest BCUT2D eigenvalue weighted by Gasteiger charge is 2.11. The maximum Gasteiger partial charge on any atom is 0.319 e. The molecule has 2 rings (SSSR count). The van der Waals surface area contributed by atoms with E-state index in [0.29, 0.717) is 5.69 Å². The van der Waals surface area contributed by atoms with Crippen molar-refractivity contribution in [2.45, 2.75) is 24.8 Å². The fourth-order valence-electron chi connectivity index (χ4n) is 2.14. The highest BCUT2D eigenvalue weighted by Crippen LogP contribution is 2.26. The lowest BCUT2D eigenvalue weighted by Gasteiger charge is -2.16. The minimum Gasteiger partial charge on any atom is -0.369 e. The van der Waals surface area contributed by atoms with Crippen LogP contribution >= 0.6 is 11.8 Å². The van der Waals surface area contributed by atoms with Crippen LogP contribution < -0.4 is 16.4 Å². The molecule has 4 N–H and O–H groups in total. The van der Waals surface area contributed by atoms with E-state index in [1.807, 2.05) is 56.3 Å². The third kappa shape index (κ3) is 5.31. The van der Waals surface area contributed by atoms with Crippen molar-refractivity contribution in [1.82, 2.24) is 5.32 Å². The van der Waals surface area contributed by atoms with Crippen LogP contribution in [0.25, 0.3) is 0 Å². The number of thioether (sulfide) groups is 1. The highest BCUT2D eigenvalue weighted by atomic mass is 32.2. The summed E-state index contributed by atoms with van der Waals surface area (Å²) in [5.74, 6) is -0.229. The van der Waals surface area contributed by atoms with Crippen LogP contribution in [0.15, 0.2) is 53.4 Å². The van der Waals surface area contributed by atoms with Crippen LogP contribution in [0.1, 0.15) is 24.1 Å². The number of amides is 3. The summed E-state index contributed by atoms with van der Waals surface area (Å²) >= 11 is 1.30. The van der Waals surface area contributed by atoms with Gasteiger partial charge >= 0.3 is 6.03 Å². The lowest BCUT2D eigenvalue weighted by Crippen LogP contribution is -2.31. The van der Waals surface area contributed by atoms with Crippen molar-refractivity contribution in [2.24, 2.45) is 5.73 Å². The number of anilines is 1. The molecule has 0 heterocycles. The zero-order chi connectivity index (χ0) is 17.5. The molecule has 6 heteroatoms. The van der Waals surface area contributed by atoms with Gasteiger partial charge in [-0.05, 0) is 31.5 Å². The van der Waals surface area contributed by atoms with Gasteiger partial charge in [-0.1, -0.05) is 42.0 Å². The van der Waals surface area contributed by atoms with E-state index < -0.39 is 5.91 Å². The van der Waals surface area contributed by atoms with Crippen LogP contribution in [0.5, 0.6) is 0 Å². The minimum absolute atomic E-state index is 0.115. The maximum atomic E-state index is 12.2. The molecular formula is C18H21N3O2S. The second-order valence-electron chi connectivity index (χ2n) is 5.48. The van der Waals surface area contributed by atoms with E-state index in [1.54, 1.807) is 6.07 Å². The Kier molecular flexibility index (Phi) is 6.26. The molecule has 1 unspecified atom stereocenters. The molecule has 1 atom stereocenters. The summed E-state index contributed by atoms with van der Waals surface area (Å²) in [5.41, 5.74) is 8.03. The molecule has 24 heavy (non-hydrogen) atoms. The van der Waals surface area contributed by atoms with Gasteiger partial charge in [0.05, 0.1) is 17.5 Å². The molecule has 0 aliphatic heterocycles. The van der Waals surface area contributed by atoms with Gasteiger partial charge in [0.15, 0.2) is 0 Å². The second kappa shape index (κ2) is 8.40. The van der Waals surface area contributed by atoms with Crippen molar-refractivity contribution in [3.8, 4) is 0 Å². The third-order valence-electron chi connectivity index (χ3n) is 3.43. The van der Waals surface area contributed by atoms with Crippen LogP contribution in [0.4, 0.5) is 10.5 Å². The molecule has 0 saturated heterocycles. The van der Waals surface area contributed by atoms with E-state index in [4.69, 9.17) is 5.73 Å². The Morgan fingerprint density at radius 2 is 1.79 bits per heavy atom. The highest BCUT2D eigenvalue weighted by molar-refractivity contribution is 8.00. The summed E-state index contributed by atoms with van der Waals surface area (Å²) in [6.45, 7) is 3.95. The largest absolute Gasteiger partial charge is 0.369 e. The van der Waals surface area contributed by atoms with Crippen LogP contribution in [0.2, 0.25) is 0 Å². The average Bonchev–Trinajstić information content (AvgIpc) is 2.54. The van der Waals surface area contributed by atoms with E-state index in [0.717, 1.165) is 10.5 Å². The number of hydrogen-bond donors (Lipinski definition) is 3. The van der Waals surface area contributed by atoms with E-state index >= 15 is 0 Å². The van der Waals surface area contributed by atoms with Crippen LogP contribution in [-0.2, 0) is 4.79 Å². The number of carbonyl (C=O) groups is 2. The van der Waals surface area contributed by atoms with Gasteiger partial charge in [-0.15, -0.1) is 11.8 Å². The van der Waals surface area contributed by atoms with Crippen molar-refractivity contribution in [1.29, 1.82) is 0 Å². The van der Waals surface area contributed by atoms with Gasteiger partial charge in [-0.3, -0.25) is 4.79 Å².